The number of aromatic nitrogens is 1. The molecule has 2 heterocycles. The summed E-state index contributed by atoms with van der Waals surface area (Å²) in [5.41, 5.74) is 2.22. The van der Waals surface area contributed by atoms with Crippen LogP contribution in [0.3, 0.4) is 0 Å². The number of pyridine rings is 1. The van der Waals surface area contributed by atoms with Gasteiger partial charge in [-0.15, -0.1) is 0 Å². The third-order valence-electron chi connectivity index (χ3n) is 2.33. The summed E-state index contributed by atoms with van der Waals surface area (Å²) in [4.78, 5) is 15.2. The van der Waals surface area contributed by atoms with Crippen LogP contribution in [0.15, 0.2) is 18.3 Å². The number of amides is 1. The molecule has 0 radical (unpaired) electrons. The van der Waals surface area contributed by atoms with E-state index in [-0.39, 0.29) is 11.8 Å². The lowest BCUT2D eigenvalue weighted by atomic mass is 10.0. The fraction of sp³-hybridized carbons (Fsp3) is 0.400. The molecule has 13 heavy (non-hydrogen) atoms. The Kier molecular flexibility index (Phi) is 2.00. The van der Waals surface area contributed by atoms with E-state index < -0.39 is 0 Å². The van der Waals surface area contributed by atoms with E-state index in [9.17, 15) is 4.79 Å². The lowest BCUT2D eigenvalue weighted by Gasteiger charge is -2.06. The molecule has 3 heteroatoms. The van der Waals surface area contributed by atoms with E-state index in [1.54, 1.807) is 6.20 Å². The van der Waals surface area contributed by atoms with Crippen LogP contribution < -0.4 is 5.32 Å². The number of hydrogen-bond acceptors (Lipinski definition) is 2. The molecule has 0 bridgehead atoms. The molecule has 0 spiro atoms. The topological polar surface area (TPSA) is 42.0 Å². The first kappa shape index (κ1) is 8.23. The predicted octanol–water partition coefficient (Wildman–Crippen LogP) is 0.994. The molecule has 3 nitrogen and oxygen atoms in total. The molecule has 0 aromatic carbocycles. The van der Waals surface area contributed by atoms with E-state index in [1.165, 1.54) is 5.56 Å². The monoisotopic (exact) mass is 176 g/mol. The largest absolute Gasteiger partial charge is 0.355 e. The summed E-state index contributed by atoms with van der Waals surface area (Å²) >= 11 is 0. The van der Waals surface area contributed by atoms with Gasteiger partial charge >= 0.3 is 0 Å². The Morgan fingerprint density at radius 2 is 2.46 bits per heavy atom. The Morgan fingerprint density at radius 1 is 1.62 bits per heavy atom. The highest BCUT2D eigenvalue weighted by atomic mass is 16.1. The highest BCUT2D eigenvalue weighted by molar-refractivity contribution is 5.79. The van der Waals surface area contributed by atoms with E-state index >= 15 is 0 Å². The summed E-state index contributed by atoms with van der Waals surface area (Å²) in [5, 5.41) is 2.81. The zero-order chi connectivity index (χ0) is 9.26. The maximum atomic E-state index is 11.0. The fourth-order valence-electron chi connectivity index (χ4n) is 1.60. The summed E-state index contributed by atoms with van der Waals surface area (Å²) in [6, 6.07) is 4.01. The molecule has 1 amide bonds. The van der Waals surface area contributed by atoms with Gasteiger partial charge in [0.2, 0.25) is 5.91 Å². The Labute approximate surface area is 77.2 Å². The van der Waals surface area contributed by atoms with Crippen LogP contribution in [0.25, 0.3) is 0 Å². The van der Waals surface area contributed by atoms with Crippen molar-refractivity contribution in [2.75, 3.05) is 6.54 Å². The molecular weight excluding hydrogens is 164 g/mol. The molecule has 1 unspecified atom stereocenters. The Bertz CT molecular complexity index is 335. The van der Waals surface area contributed by atoms with Gasteiger partial charge < -0.3 is 5.32 Å². The van der Waals surface area contributed by atoms with Crippen molar-refractivity contribution in [2.45, 2.75) is 19.3 Å². The van der Waals surface area contributed by atoms with Crippen molar-refractivity contribution < 1.29 is 4.79 Å². The molecule has 1 aliphatic rings. The lowest BCUT2D eigenvalue weighted by molar-refractivity contribution is -0.119. The number of carbonyl (C=O) groups excluding carboxylic acids is 1. The molecule has 1 saturated heterocycles. The van der Waals surface area contributed by atoms with Crippen molar-refractivity contribution in [1.82, 2.24) is 10.3 Å². The number of aryl methyl sites for hydroxylation is 1. The maximum Gasteiger partial charge on any atom is 0.220 e. The molecule has 68 valence electrons. The summed E-state index contributed by atoms with van der Waals surface area (Å²) in [5.74, 6) is 0.403. The summed E-state index contributed by atoms with van der Waals surface area (Å²) in [6.45, 7) is 2.77. The van der Waals surface area contributed by atoms with E-state index in [0.717, 1.165) is 12.2 Å². The van der Waals surface area contributed by atoms with Crippen molar-refractivity contribution in [3.8, 4) is 0 Å². The average molecular weight is 176 g/mol. The molecule has 1 aromatic rings. The first-order valence-electron chi connectivity index (χ1n) is 4.45. The molecule has 1 atom stereocenters. The number of rotatable bonds is 1. The van der Waals surface area contributed by atoms with Gasteiger partial charge in [-0.3, -0.25) is 9.78 Å². The quantitative estimate of drug-likeness (QED) is 0.693. The Hall–Kier alpha value is -1.38. The lowest BCUT2D eigenvalue weighted by Crippen LogP contribution is -2.13. The number of nitrogens with zero attached hydrogens (tertiary/aromatic N) is 1. The van der Waals surface area contributed by atoms with Gasteiger partial charge in [-0.25, -0.2) is 0 Å². The van der Waals surface area contributed by atoms with Gasteiger partial charge in [0.15, 0.2) is 0 Å². The van der Waals surface area contributed by atoms with Crippen molar-refractivity contribution in [1.29, 1.82) is 0 Å². The summed E-state index contributed by atoms with van der Waals surface area (Å²) < 4.78 is 0. The average Bonchev–Trinajstić information content (AvgIpc) is 2.52. The molecule has 0 saturated carbocycles. The highest BCUT2D eigenvalue weighted by Gasteiger charge is 2.23. The third-order valence-corrected chi connectivity index (χ3v) is 2.33. The molecule has 0 aliphatic carbocycles. The van der Waals surface area contributed by atoms with Gasteiger partial charge in [0.05, 0.1) is 0 Å². The van der Waals surface area contributed by atoms with Gasteiger partial charge in [-0.2, -0.15) is 0 Å². The normalized spacial score (nSPS) is 21.6. The number of nitrogens with one attached hydrogen (secondary N) is 1. The van der Waals surface area contributed by atoms with Crippen LogP contribution in [0.5, 0.6) is 0 Å². The van der Waals surface area contributed by atoms with Crippen LogP contribution in [-0.2, 0) is 4.79 Å². The van der Waals surface area contributed by atoms with E-state index in [2.05, 4.69) is 10.3 Å². The first-order chi connectivity index (χ1) is 6.25. The van der Waals surface area contributed by atoms with Gasteiger partial charge in [-0.1, -0.05) is 0 Å². The van der Waals surface area contributed by atoms with E-state index in [0.29, 0.717) is 6.42 Å². The fourth-order valence-corrected chi connectivity index (χ4v) is 1.60. The second-order valence-corrected chi connectivity index (χ2v) is 3.46. The van der Waals surface area contributed by atoms with Crippen molar-refractivity contribution in [3.05, 3.63) is 29.6 Å². The SMILES string of the molecule is Cc1ccnc(C2CNC(=O)C2)c1. The van der Waals surface area contributed by atoms with Crippen LogP contribution >= 0.6 is 0 Å². The maximum absolute atomic E-state index is 11.0. The van der Waals surface area contributed by atoms with Gasteiger partial charge in [0.1, 0.15) is 0 Å². The predicted molar refractivity (Wildman–Crippen MR) is 49.3 cm³/mol. The minimum absolute atomic E-state index is 0.133. The van der Waals surface area contributed by atoms with Crippen LogP contribution in [0.1, 0.15) is 23.6 Å². The van der Waals surface area contributed by atoms with Crippen molar-refractivity contribution in [3.63, 3.8) is 0 Å². The second-order valence-electron chi connectivity index (χ2n) is 3.46. The van der Waals surface area contributed by atoms with Crippen LogP contribution in [-0.4, -0.2) is 17.4 Å². The standard InChI is InChI=1S/C10H12N2O/c1-7-2-3-11-9(4-7)8-5-10(13)12-6-8/h2-4,8H,5-6H2,1H3,(H,12,13). The molecule has 1 aromatic heterocycles. The summed E-state index contributed by atoms with van der Waals surface area (Å²) in [7, 11) is 0. The Morgan fingerprint density at radius 3 is 3.08 bits per heavy atom. The number of hydrogen-bond donors (Lipinski definition) is 1. The van der Waals surface area contributed by atoms with Crippen molar-refractivity contribution >= 4 is 5.91 Å². The summed E-state index contributed by atoms with van der Waals surface area (Å²) in [6.07, 6.45) is 2.38. The molecule has 1 N–H and O–H groups in total. The molecule has 1 aliphatic heterocycles. The zero-order valence-electron chi connectivity index (χ0n) is 7.58. The van der Waals surface area contributed by atoms with Crippen LogP contribution in [0, 0.1) is 6.92 Å². The highest BCUT2D eigenvalue weighted by Crippen LogP contribution is 2.21. The van der Waals surface area contributed by atoms with E-state index in [1.807, 2.05) is 19.1 Å². The van der Waals surface area contributed by atoms with Crippen LogP contribution in [0.2, 0.25) is 0 Å². The van der Waals surface area contributed by atoms with Crippen molar-refractivity contribution in [2.24, 2.45) is 0 Å². The molecule has 1 fully saturated rings. The third kappa shape index (κ3) is 1.69. The number of carbonyl (C=O) groups is 1. The first-order valence-corrected chi connectivity index (χ1v) is 4.45. The second kappa shape index (κ2) is 3.17. The zero-order valence-corrected chi connectivity index (χ0v) is 7.58. The van der Waals surface area contributed by atoms with Crippen LogP contribution in [0.4, 0.5) is 0 Å². The van der Waals surface area contributed by atoms with Gasteiger partial charge in [0, 0.05) is 30.8 Å². The minimum atomic E-state index is 0.133. The Balaban J connectivity index is 2.21. The minimum Gasteiger partial charge on any atom is -0.355 e. The van der Waals surface area contributed by atoms with E-state index in [4.69, 9.17) is 0 Å². The molecular formula is C10H12N2O. The van der Waals surface area contributed by atoms with Gasteiger partial charge in [-0.05, 0) is 24.6 Å². The molecule has 2 rings (SSSR count). The smallest absolute Gasteiger partial charge is 0.220 e. The van der Waals surface area contributed by atoms with Gasteiger partial charge in [0.25, 0.3) is 0 Å².